The molecule has 3 heteroatoms. The first kappa shape index (κ1) is 11.2. The molecule has 1 rings (SSSR count). The first-order valence-electron chi connectivity index (χ1n) is 4.45. The Morgan fingerprint density at radius 2 is 1.73 bits per heavy atom. The summed E-state index contributed by atoms with van der Waals surface area (Å²) in [6.45, 7) is 5.32. The van der Waals surface area contributed by atoms with Crippen LogP contribution in [0.25, 0.3) is 0 Å². The van der Waals surface area contributed by atoms with Gasteiger partial charge in [0.05, 0.1) is 7.11 Å². The number of aryl methyl sites for hydroxylation is 1. The number of rotatable bonds is 3. The maximum atomic E-state index is 11.7. The van der Waals surface area contributed by atoms with Gasteiger partial charge in [-0.3, -0.25) is 4.79 Å². The minimum atomic E-state index is -0.694. The molecule has 0 aliphatic heterocycles. The summed E-state index contributed by atoms with van der Waals surface area (Å²) in [5, 5.41) is 0. The predicted octanol–water partition coefficient (Wildman–Crippen LogP) is 1.91. The minimum Gasteiger partial charge on any atom is -0.465 e. The number of ketones is 1. The number of Topliss-reactive ketones (excluding diaryl/α,β-unsaturated/α-hetero) is 1. The number of hydrogen-bond acceptors (Lipinski definition) is 3. The summed E-state index contributed by atoms with van der Waals surface area (Å²) in [4.78, 5) is 22.7. The molecule has 0 amide bonds. The van der Waals surface area contributed by atoms with Crippen LogP contribution in [0.1, 0.15) is 15.9 Å². The van der Waals surface area contributed by atoms with Gasteiger partial charge in [-0.05, 0) is 6.92 Å². The van der Waals surface area contributed by atoms with Gasteiger partial charge in [0.2, 0.25) is 0 Å². The van der Waals surface area contributed by atoms with Crippen molar-refractivity contribution in [3.63, 3.8) is 0 Å². The number of esters is 1. The van der Waals surface area contributed by atoms with E-state index >= 15 is 0 Å². The van der Waals surface area contributed by atoms with Gasteiger partial charge in [-0.25, -0.2) is 4.79 Å². The van der Waals surface area contributed by atoms with Crippen molar-refractivity contribution in [3.05, 3.63) is 47.5 Å². The van der Waals surface area contributed by atoms with E-state index < -0.39 is 11.8 Å². The summed E-state index contributed by atoms with van der Waals surface area (Å²) >= 11 is 0. The molecule has 0 radical (unpaired) electrons. The van der Waals surface area contributed by atoms with Crippen LogP contribution in [0, 0.1) is 6.92 Å². The van der Waals surface area contributed by atoms with Crippen molar-refractivity contribution >= 4 is 11.8 Å². The van der Waals surface area contributed by atoms with Crippen LogP contribution in [0.5, 0.6) is 0 Å². The van der Waals surface area contributed by atoms with Gasteiger partial charge in [0.1, 0.15) is 5.57 Å². The molecule has 0 aromatic heterocycles. The van der Waals surface area contributed by atoms with Crippen molar-refractivity contribution in [2.24, 2.45) is 0 Å². The summed E-state index contributed by atoms with van der Waals surface area (Å²) in [6.07, 6.45) is 0. The Kier molecular flexibility index (Phi) is 3.39. The van der Waals surface area contributed by atoms with Gasteiger partial charge in [0, 0.05) is 5.56 Å². The molecule has 0 N–H and O–H groups in total. The van der Waals surface area contributed by atoms with Crippen LogP contribution < -0.4 is 0 Å². The third kappa shape index (κ3) is 2.53. The number of hydrogen-bond donors (Lipinski definition) is 0. The minimum absolute atomic E-state index is 0.152. The fourth-order valence-corrected chi connectivity index (χ4v) is 1.10. The third-order valence-electron chi connectivity index (χ3n) is 2.02. The monoisotopic (exact) mass is 204 g/mol. The molecule has 15 heavy (non-hydrogen) atoms. The van der Waals surface area contributed by atoms with E-state index in [1.165, 1.54) is 7.11 Å². The molecule has 0 saturated carbocycles. The fourth-order valence-electron chi connectivity index (χ4n) is 1.10. The number of methoxy groups -OCH3 is 1. The zero-order valence-corrected chi connectivity index (χ0v) is 8.74. The molecular formula is C12H12O3. The fraction of sp³-hybridized carbons (Fsp3) is 0.167. The number of carbonyl (C=O) groups excluding carboxylic acids is 2. The second-order valence-electron chi connectivity index (χ2n) is 3.17. The Morgan fingerprint density at radius 1 is 1.20 bits per heavy atom. The van der Waals surface area contributed by atoms with E-state index in [0.29, 0.717) is 5.56 Å². The Labute approximate surface area is 88.4 Å². The highest BCUT2D eigenvalue weighted by atomic mass is 16.5. The van der Waals surface area contributed by atoms with E-state index in [9.17, 15) is 9.59 Å². The van der Waals surface area contributed by atoms with Crippen molar-refractivity contribution < 1.29 is 14.3 Å². The Morgan fingerprint density at radius 3 is 2.20 bits per heavy atom. The van der Waals surface area contributed by atoms with E-state index in [2.05, 4.69) is 11.3 Å². The van der Waals surface area contributed by atoms with Gasteiger partial charge in [0.25, 0.3) is 0 Å². The number of carbonyl (C=O) groups is 2. The van der Waals surface area contributed by atoms with E-state index in [-0.39, 0.29) is 5.57 Å². The highest BCUT2D eigenvalue weighted by Gasteiger charge is 2.17. The van der Waals surface area contributed by atoms with E-state index in [4.69, 9.17) is 0 Å². The van der Waals surface area contributed by atoms with Crippen LogP contribution in [0.3, 0.4) is 0 Å². The average molecular weight is 204 g/mol. The lowest BCUT2D eigenvalue weighted by atomic mass is 10.0. The Balaban J connectivity index is 2.90. The third-order valence-corrected chi connectivity index (χ3v) is 2.02. The molecule has 1 aromatic carbocycles. The average Bonchev–Trinajstić information content (AvgIpc) is 2.27. The zero-order valence-electron chi connectivity index (χ0n) is 8.74. The van der Waals surface area contributed by atoms with Gasteiger partial charge in [-0.15, -0.1) is 0 Å². The van der Waals surface area contributed by atoms with Gasteiger partial charge in [-0.1, -0.05) is 36.4 Å². The van der Waals surface area contributed by atoms with Crippen molar-refractivity contribution in [1.82, 2.24) is 0 Å². The molecule has 0 bridgehead atoms. The number of benzene rings is 1. The summed E-state index contributed by atoms with van der Waals surface area (Å²) in [7, 11) is 1.22. The van der Waals surface area contributed by atoms with E-state index in [1.807, 2.05) is 6.92 Å². The van der Waals surface area contributed by atoms with Crippen molar-refractivity contribution in [2.45, 2.75) is 6.92 Å². The normalized spacial score (nSPS) is 9.47. The molecule has 78 valence electrons. The van der Waals surface area contributed by atoms with Crippen LogP contribution in [-0.4, -0.2) is 18.9 Å². The lowest BCUT2D eigenvalue weighted by Gasteiger charge is -2.02. The summed E-state index contributed by atoms with van der Waals surface area (Å²) in [5.74, 6) is -1.09. The van der Waals surface area contributed by atoms with E-state index in [0.717, 1.165) is 5.56 Å². The lowest BCUT2D eigenvalue weighted by molar-refractivity contribution is -0.135. The summed E-state index contributed by atoms with van der Waals surface area (Å²) < 4.78 is 4.42. The molecule has 1 aromatic rings. The second-order valence-corrected chi connectivity index (χ2v) is 3.17. The predicted molar refractivity (Wildman–Crippen MR) is 56.7 cm³/mol. The molecule has 0 spiro atoms. The standard InChI is InChI=1S/C12H12O3/c1-8-4-6-10(7-5-8)11(13)9(2)12(14)15-3/h4-7H,2H2,1,3H3. The van der Waals surface area contributed by atoms with Crippen LogP contribution in [-0.2, 0) is 9.53 Å². The zero-order chi connectivity index (χ0) is 11.4. The highest BCUT2D eigenvalue weighted by Crippen LogP contribution is 2.09. The molecule has 0 heterocycles. The highest BCUT2D eigenvalue weighted by molar-refractivity contribution is 6.23. The molecule has 0 unspecified atom stereocenters. The maximum absolute atomic E-state index is 11.7. The molecule has 0 atom stereocenters. The smallest absolute Gasteiger partial charge is 0.341 e. The first-order chi connectivity index (χ1) is 7.06. The van der Waals surface area contributed by atoms with Crippen molar-refractivity contribution in [3.8, 4) is 0 Å². The summed E-state index contributed by atoms with van der Waals surface area (Å²) in [5.41, 5.74) is 1.34. The number of ether oxygens (including phenoxy) is 1. The maximum Gasteiger partial charge on any atom is 0.341 e. The molecule has 0 aliphatic rings. The molecular weight excluding hydrogens is 192 g/mol. The van der Waals surface area contributed by atoms with Crippen molar-refractivity contribution in [2.75, 3.05) is 7.11 Å². The molecule has 0 aliphatic carbocycles. The molecule has 3 nitrogen and oxygen atoms in total. The van der Waals surface area contributed by atoms with Gasteiger partial charge >= 0.3 is 5.97 Å². The second kappa shape index (κ2) is 4.55. The van der Waals surface area contributed by atoms with Crippen molar-refractivity contribution in [1.29, 1.82) is 0 Å². The Hall–Kier alpha value is -1.90. The Bertz CT molecular complexity index is 401. The largest absolute Gasteiger partial charge is 0.465 e. The van der Waals surface area contributed by atoms with Gasteiger partial charge < -0.3 is 4.74 Å². The lowest BCUT2D eigenvalue weighted by Crippen LogP contribution is -2.13. The quantitative estimate of drug-likeness (QED) is 0.248. The van der Waals surface area contributed by atoms with Gasteiger partial charge in [-0.2, -0.15) is 0 Å². The van der Waals surface area contributed by atoms with Crippen LogP contribution >= 0.6 is 0 Å². The SMILES string of the molecule is C=C(C(=O)OC)C(=O)c1ccc(C)cc1. The first-order valence-corrected chi connectivity index (χ1v) is 4.45. The van der Waals surface area contributed by atoms with Crippen LogP contribution in [0.15, 0.2) is 36.4 Å². The topological polar surface area (TPSA) is 43.4 Å². The van der Waals surface area contributed by atoms with Crippen LogP contribution in [0.2, 0.25) is 0 Å². The van der Waals surface area contributed by atoms with Crippen LogP contribution in [0.4, 0.5) is 0 Å². The van der Waals surface area contributed by atoms with Gasteiger partial charge in [0.15, 0.2) is 5.78 Å². The van der Waals surface area contributed by atoms with E-state index in [1.54, 1.807) is 24.3 Å². The summed E-state index contributed by atoms with van der Waals surface area (Å²) in [6, 6.07) is 6.92. The molecule has 0 fully saturated rings. The molecule has 0 saturated heterocycles.